The Morgan fingerprint density at radius 1 is 1.21 bits per heavy atom. The number of hydrogen-bond donors (Lipinski definition) is 4. The molecule has 3 saturated heterocycles. The molecule has 0 radical (unpaired) electrons. The summed E-state index contributed by atoms with van der Waals surface area (Å²) in [5, 5.41) is 29.5. The lowest BCUT2D eigenvalue weighted by atomic mass is 9.94. The molecule has 0 aromatic heterocycles. The van der Waals surface area contributed by atoms with E-state index in [-0.39, 0.29) is 6.17 Å². The summed E-state index contributed by atoms with van der Waals surface area (Å²) in [6.45, 7) is 4.34. The molecule has 8 atom stereocenters. The van der Waals surface area contributed by atoms with Crippen LogP contribution in [-0.4, -0.2) is 71.7 Å². The molecule has 0 bridgehead atoms. The van der Waals surface area contributed by atoms with Gasteiger partial charge in [-0.1, -0.05) is 17.7 Å². The molecule has 0 saturated carbocycles. The molecule has 160 valence electrons. The van der Waals surface area contributed by atoms with Crippen molar-refractivity contribution in [1.82, 2.24) is 15.5 Å². The number of halogens is 1. The highest BCUT2D eigenvalue weighted by Gasteiger charge is 2.53. The molecule has 7 nitrogen and oxygen atoms in total. The van der Waals surface area contributed by atoms with Crippen LogP contribution in [0.3, 0.4) is 0 Å². The molecule has 1 aromatic carbocycles. The monoisotopic (exact) mass is 423 g/mol. The number of likely N-dealkylation sites (tertiary alicyclic amines) is 1. The Balaban J connectivity index is 1.39. The molecule has 4 N–H and O–H groups in total. The first-order valence-corrected chi connectivity index (χ1v) is 11.1. The number of benzene rings is 1. The van der Waals surface area contributed by atoms with Crippen LogP contribution in [0, 0.1) is 5.92 Å². The molecule has 1 aromatic rings. The fourth-order valence-corrected chi connectivity index (χ4v) is 5.70. The average molecular weight is 424 g/mol. The van der Waals surface area contributed by atoms with Crippen molar-refractivity contribution in [2.24, 2.45) is 5.92 Å². The third-order valence-electron chi connectivity index (χ3n) is 7.06. The summed E-state index contributed by atoms with van der Waals surface area (Å²) in [7, 11) is 0. The molecular formula is C21H30ClN3O4. The molecule has 4 aliphatic heterocycles. The van der Waals surface area contributed by atoms with Crippen LogP contribution >= 0.6 is 11.6 Å². The Morgan fingerprint density at radius 3 is 2.93 bits per heavy atom. The van der Waals surface area contributed by atoms with Gasteiger partial charge in [0, 0.05) is 36.8 Å². The van der Waals surface area contributed by atoms with E-state index in [1.807, 2.05) is 18.2 Å². The van der Waals surface area contributed by atoms with Crippen LogP contribution in [0.25, 0.3) is 0 Å². The van der Waals surface area contributed by atoms with Crippen LogP contribution in [0.4, 0.5) is 0 Å². The zero-order chi connectivity index (χ0) is 20.1. The molecule has 0 spiro atoms. The zero-order valence-electron chi connectivity index (χ0n) is 16.6. The maximum absolute atomic E-state index is 10.9. The Morgan fingerprint density at radius 2 is 2.07 bits per heavy atom. The molecule has 3 fully saturated rings. The molecule has 4 heterocycles. The maximum Gasteiger partial charge on any atom is 0.141 e. The van der Waals surface area contributed by atoms with Crippen molar-refractivity contribution < 1.29 is 19.7 Å². The number of aliphatic hydroxyl groups is 2. The third-order valence-corrected chi connectivity index (χ3v) is 7.30. The van der Waals surface area contributed by atoms with Gasteiger partial charge in [0.1, 0.15) is 30.6 Å². The fourth-order valence-electron chi connectivity index (χ4n) is 5.51. The van der Waals surface area contributed by atoms with Gasteiger partial charge in [-0.2, -0.15) is 0 Å². The SMILES string of the molecule is CC1NCNC2C1CCN2[C@@H]1O[C@H]([C@@H]2OCCCc3cc(Cl)ccc32)[C@@H](O)[C@H]1O. The number of fused-ring (bicyclic) bond motifs is 2. The van der Waals surface area contributed by atoms with Crippen molar-refractivity contribution in [3.63, 3.8) is 0 Å². The maximum atomic E-state index is 10.9. The number of aryl methyl sites for hydroxylation is 1. The molecule has 8 heteroatoms. The lowest BCUT2D eigenvalue weighted by molar-refractivity contribution is -0.138. The minimum Gasteiger partial charge on any atom is -0.387 e. The van der Waals surface area contributed by atoms with E-state index in [1.54, 1.807) is 0 Å². The van der Waals surface area contributed by atoms with Gasteiger partial charge in [0.05, 0.1) is 6.17 Å². The van der Waals surface area contributed by atoms with Crippen molar-refractivity contribution >= 4 is 11.6 Å². The van der Waals surface area contributed by atoms with Gasteiger partial charge in [-0.3, -0.25) is 10.2 Å². The number of nitrogens with one attached hydrogen (secondary N) is 2. The zero-order valence-corrected chi connectivity index (χ0v) is 17.4. The van der Waals surface area contributed by atoms with Gasteiger partial charge >= 0.3 is 0 Å². The van der Waals surface area contributed by atoms with Gasteiger partial charge in [0.2, 0.25) is 0 Å². The van der Waals surface area contributed by atoms with E-state index in [0.717, 1.165) is 43.6 Å². The van der Waals surface area contributed by atoms with E-state index in [4.69, 9.17) is 21.1 Å². The number of hydrogen-bond acceptors (Lipinski definition) is 7. The van der Waals surface area contributed by atoms with Crippen molar-refractivity contribution in [2.45, 2.75) is 69.0 Å². The summed E-state index contributed by atoms with van der Waals surface area (Å²) in [5.74, 6) is 0.452. The standard InChI is InChI=1S/C21H30ClN3O4/c1-11-14-6-7-25(20(14)24-10-23-11)21-17(27)16(26)19(29-21)18-15-5-4-13(22)9-12(15)3-2-8-28-18/h4-5,9,11,14,16-21,23-24,26-27H,2-3,6-8,10H2,1H3/t11?,14?,16-,17+,18+,19-,20?,21+/m0/s1. The average Bonchev–Trinajstić information content (AvgIpc) is 3.18. The highest BCUT2D eigenvalue weighted by Crippen LogP contribution is 2.40. The predicted octanol–water partition coefficient (Wildman–Crippen LogP) is 0.977. The second-order valence-electron chi connectivity index (χ2n) is 8.72. The summed E-state index contributed by atoms with van der Waals surface area (Å²) >= 11 is 6.19. The summed E-state index contributed by atoms with van der Waals surface area (Å²) in [6.07, 6.45) is -0.638. The van der Waals surface area contributed by atoms with Crippen LogP contribution < -0.4 is 10.6 Å². The van der Waals surface area contributed by atoms with E-state index in [2.05, 4.69) is 22.5 Å². The summed E-state index contributed by atoms with van der Waals surface area (Å²) in [4.78, 5) is 2.18. The third kappa shape index (κ3) is 3.51. The number of rotatable bonds is 2. The number of aliphatic hydroxyl groups excluding tert-OH is 2. The quantitative estimate of drug-likeness (QED) is 0.564. The van der Waals surface area contributed by atoms with Gasteiger partial charge in [-0.05, 0) is 49.4 Å². The van der Waals surface area contributed by atoms with Crippen LogP contribution in [0.2, 0.25) is 5.02 Å². The molecule has 3 unspecified atom stereocenters. The first-order chi connectivity index (χ1) is 14.0. The van der Waals surface area contributed by atoms with E-state index in [1.165, 1.54) is 0 Å². The smallest absolute Gasteiger partial charge is 0.141 e. The van der Waals surface area contributed by atoms with Gasteiger partial charge < -0.3 is 25.0 Å². The minimum absolute atomic E-state index is 0.137. The largest absolute Gasteiger partial charge is 0.387 e. The van der Waals surface area contributed by atoms with Gasteiger partial charge in [-0.25, -0.2) is 0 Å². The van der Waals surface area contributed by atoms with Gasteiger partial charge in [-0.15, -0.1) is 0 Å². The molecule has 29 heavy (non-hydrogen) atoms. The van der Waals surface area contributed by atoms with Crippen LogP contribution in [0.15, 0.2) is 18.2 Å². The molecule has 5 rings (SSSR count). The van der Waals surface area contributed by atoms with E-state index in [0.29, 0.717) is 23.6 Å². The van der Waals surface area contributed by atoms with E-state index in [9.17, 15) is 10.2 Å². The molecular weight excluding hydrogens is 394 g/mol. The normalized spacial score (nSPS) is 43.0. The Hall–Kier alpha value is -0.770. The Labute approximate surface area is 176 Å². The Kier molecular flexibility index (Phi) is 5.60. The van der Waals surface area contributed by atoms with Crippen LogP contribution in [0.5, 0.6) is 0 Å². The topological polar surface area (TPSA) is 86.2 Å². The van der Waals surface area contributed by atoms with Gasteiger partial charge in [0.15, 0.2) is 0 Å². The first kappa shape index (κ1) is 20.2. The van der Waals surface area contributed by atoms with E-state index >= 15 is 0 Å². The summed E-state index contributed by atoms with van der Waals surface area (Å²) < 4.78 is 12.5. The lowest BCUT2D eigenvalue weighted by Crippen LogP contribution is -2.61. The number of ether oxygens (including phenoxy) is 2. The summed E-state index contributed by atoms with van der Waals surface area (Å²) in [6, 6.07) is 6.19. The van der Waals surface area contributed by atoms with Crippen molar-refractivity contribution in [2.75, 3.05) is 19.8 Å². The van der Waals surface area contributed by atoms with Crippen molar-refractivity contribution in [1.29, 1.82) is 0 Å². The highest BCUT2D eigenvalue weighted by molar-refractivity contribution is 6.30. The summed E-state index contributed by atoms with van der Waals surface area (Å²) in [5.41, 5.74) is 2.13. The van der Waals surface area contributed by atoms with Crippen molar-refractivity contribution in [3.05, 3.63) is 34.3 Å². The second-order valence-corrected chi connectivity index (χ2v) is 9.16. The predicted molar refractivity (Wildman–Crippen MR) is 108 cm³/mol. The number of nitrogens with zero attached hydrogens (tertiary/aromatic N) is 1. The minimum atomic E-state index is -1.01. The van der Waals surface area contributed by atoms with Gasteiger partial charge in [0.25, 0.3) is 0 Å². The molecule has 0 amide bonds. The Bertz CT molecular complexity index is 753. The molecule has 4 aliphatic rings. The molecule has 0 aliphatic carbocycles. The van der Waals surface area contributed by atoms with Crippen LogP contribution in [-0.2, 0) is 15.9 Å². The first-order valence-electron chi connectivity index (χ1n) is 10.7. The van der Waals surface area contributed by atoms with E-state index < -0.39 is 30.6 Å². The highest BCUT2D eigenvalue weighted by atomic mass is 35.5. The fraction of sp³-hybridized carbons (Fsp3) is 0.714. The lowest BCUT2D eigenvalue weighted by Gasteiger charge is -2.39. The second kappa shape index (κ2) is 8.05. The van der Waals surface area contributed by atoms with Crippen LogP contribution in [0.1, 0.15) is 37.0 Å². The van der Waals surface area contributed by atoms with Crippen molar-refractivity contribution in [3.8, 4) is 0 Å².